The van der Waals surface area contributed by atoms with Crippen LogP contribution < -0.4 is 0 Å². The first-order valence-corrected chi connectivity index (χ1v) is 8.00. The Hall–Kier alpha value is -1.92. The molecule has 0 saturated carbocycles. The van der Waals surface area contributed by atoms with Crippen molar-refractivity contribution < 1.29 is 14.7 Å². The van der Waals surface area contributed by atoms with E-state index in [0.29, 0.717) is 39.3 Å². The van der Waals surface area contributed by atoms with Gasteiger partial charge in [-0.15, -0.1) is 0 Å². The van der Waals surface area contributed by atoms with Crippen molar-refractivity contribution in [3.8, 4) is 0 Å². The largest absolute Gasteiger partial charge is 0.395 e. The number of hydrogen-bond donors (Lipinski definition) is 1. The van der Waals surface area contributed by atoms with E-state index < -0.39 is 0 Å². The predicted octanol–water partition coefficient (Wildman–Crippen LogP) is 0.172. The Labute approximate surface area is 137 Å². The molecule has 0 bridgehead atoms. The summed E-state index contributed by atoms with van der Waals surface area (Å²) >= 11 is 0. The number of piperazine rings is 1. The fourth-order valence-corrected chi connectivity index (χ4v) is 2.76. The molecule has 6 nitrogen and oxygen atoms in total. The van der Waals surface area contributed by atoms with Crippen LogP contribution in [0.5, 0.6) is 0 Å². The maximum Gasteiger partial charge on any atom is 0.236 e. The van der Waals surface area contributed by atoms with E-state index in [9.17, 15) is 14.7 Å². The second-order valence-electron chi connectivity index (χ2n) is 5.81. The van der Waals surface area contributed by atoms with Crippen LogP contribution >= 0.6 is 0 Å². The third-order valence-electron chi connectivity index (χ3n) is 4.10. The number of rotatable bonds is 6. The molecule has 0 spiro atoms. The van der Waals surface area contributed by atoms with Gasteiger partial charge >= 0.3 is 0 Å². The minimum absolute atomic E-state index is 0.0260. The van der Waals surface area contributed by atoms with Crippen LogP contribution in [0.4, 0.5) is 0 Å². The van der Waals surface area contributed by atoms with Crippen LogP contribution in [0.15, 0.2) is 30.3 Å². The molecule has 0 radical (unpaired) electrons. The highest BCUT2D eigenvalue weighted by Crippen LogP contribution is 2.07. The van der Waals surface area contributed by atoms with Crippen LogP contribution in [0.3, 0.4) is 0 Å². The van der Waals surface area contributed by atoms with Gasteiger partial charge in [0.2, 0.25) is 11.8 Å². The minimum atomic E-state index is 0.0260. The van der Waals surface area contributed by atoms with Gasteiger partial charge in [0.25, 0.3) is 0 Å². The van der Waals surface area contributed by atoms with Gasteiger partial charge in [-0.2, -0.15) is 0 Å². The number of aliphatic hydroxyl groups excluding tert-OH is 1. The van der Waals surface area contributed by atoms with Crippen molar-refractivity contribution in [2.45, 2.75) is 13.5 Å². The summed E-state index contributed by atoms with van der Waals surface area (Å²) < 4.78 is 0. The average molecular weight is 319 g/mol. The molecule has 1 aromatic rings. The molecule has 23 heavy (non-hydrogen) atoms. The second kappa shape index (κ2) is 8.64. The number of carbonyl (C=O) groups excluding carboxylic acids is 2. The lowest BCUT2D eigenvalue weighted by Crippen LogP contribution is -2.52. The highest BCUT2D eigenvalue weighted by atomic mass is 16.3. The van der Waals surface area contributed by atoms with Crippen LogP contribution in [-0.4, -0.2) is 77.5 Å². The number of amides is 2. The first-order chi connectivity index (χ1) is 11.1. The van der Waals surface area contributed by atoms with E-state index in [1.54, 1.807) is 16.7 Å². The summed E-state index contributed by atoms with van der Waals surface area (Å²) in [7, 11) is 0. The van der Waals surface area contributed by atoms with Crippen LogP contribution in [0.25, 0.3) is 0 Å². The lowest BCUT2D eigenvalue weighted by Gasteiger charge is -2.35. The molecule has 0 aromatic heterocycles. The Morgan fingerprint density at radius 2 is 1.70 bits per heavy atom. The summed E-state index contributed by atoms with van der Waals surface area (Å²) in [5.41, 5.74) is 1.12. The summed E-state index contributed by atoms with van der Waals surface area (Å²) in [5.74, 6) is 0.112. The molecule has 2 rings (SSSR count). The van der Waals surface area contributed by atoms with Crippen molar-refractivity contribution in [3.63, 3.8) is 0 Å². The van der Waals surface area contributed by atoms with Gasteiger partial charge in [0.1, 0.15) is 0 Å². The number of carbonyl (C=O) groups is 2. The monoisotopic (exact) mass is 319 g/mol. The summed E-state index contributed by atoms with van der Waals surface area (Å²) in [5, 5.41) is 9.22. The predicted molar refractivity (Wildman–Crippen MR) is 87.6 cm³/mol. The zero-order chi connectivity index (χ0) is 16.7. The Balaban J connectivity index is 1.87. The molecule has 1 aromatic carbocycles. The fraction of sp³-hybridized carbons (Fsp3) is 0.529. The van der Waals surface area contributed by atoms with Gasteiger partial charge in [0, 0.05) is 46.2 Å². The molecule has 1 saturated heterocycles. The average Bonchev–Trinajstić information content (AvgIpc) is 2.56. The maximum atomic E-state index is 12.4. The molecule has 0 unspecified atom stereocenters. The molecule has 1 heterocycles. The number of nitrogens with zero attached hydrogens (tertiary/aromatic N) is 3. The first-order valence-electron chi connectivity index (χ1n) is 8.00. The van der Waals surface area contributed by atoms with E-state index in [1.807, 2.05) is 35.2 Å². The summed E-state index contributed by atoms with van der Waals surface area (Å²) in [6.45, 7) is 5.33. The zero-order valence-corrected chi connectivity index (χ0v) is 13.6. The normalized spacial score (nSPS) is 15.1. The second-order valence-corrected chi connectivity index (χ2v) is 5.81. The van der Waals surface area contributed by atoms with Crippen molar-refractivity contribution in [3.05, 3.63) is 35.9 Å². The van der Waals surface area contributed by atoms with E-state index in [-0.39, 0.29) is 25.0 Å². The molecule has 126 valence electrons. The molecular formula is C17H25N3O3. The van der Waals surface area contributed by atoms with E-state index in [4.69, 9.17) is 0 Å². The molecule has 2 amide bonds. The van der Waals surface area contributed by atoms with Gasteiger partial charge in [0.15, 0.2) is 0 Å². The van der Waals surface area contributed by atoms with Crippen molar-refractivity contribution in [1.82, 2.24) is 14.7 Å². The number of benzene rings is 1. The van der Waals surface area contributed by atoms with Gasteiger partial charge in [-0.05, 0) is 5.56 Å². The minimum Gasteiger partial charge on any atom is -0.395 e. The van der Waals surface area contributed by atoms with Gasteiger partial charge in [-0.3, -0.25) is 14.5 Å². The third kappa shape index (κ3) is 5.33. The summed E-state index contributed by atoms with van der Waals surface area (Å²) in [6, 6.07) is 9.92. The Morgan fingerprint density at radius 1 is 1.09 bits per heavy atom. The molecule has 1 aliphatic rings. The summed E-state index contributed by atoms with van der Waals surface area (Å²) in [4.78, 5) is 29.3. The first kappa shape index (κ1) is 17.4. The van der Waals surface area contributed by atoms with Gasteiger partial charge in [0.05, 0.1) is 13.2 Å². The van der Waals surface area contributed by atoms with Crippen molar-refractivity contribution in [2.24, 2.45) is 0 Å². The number of aliphatic hydroxyl groups is 1. The van der Waals surface area contributed by atoms with Gasteiger partial charge in [-0.25, -0.2) is 0 Å². The van der Waals surface area contributed by atoms with E-state index in [1.165, 1.54) is 0 Å². The highest BCUT2D eigenvalue weighted by Gasteiger charge is 2.23. The van der Waals surface area contributed by atoms with Crippen LogP contribution in [0.2, 0.25) is 0 Å². The van der Waals surface area contributed by atoms with Crippen LogP contribution in [-0.2, 0) is 16.1 Å². The van der Waals surface area contributed by atoms with Crippen molar-refractivity contribution in [2.75, 3.05) is 45.9 Å². The fourth-order valence-electron chi connectivity index (χ4n) is 2.76. The van der Waals surface area contributed by atoms with E-state index in [0.717, 1.165) is 5.56 Å². The third-order valence-corrected chi connectivity index (χ3v) is 4.10. The topological polar surface area (TPSA) is 64.1 Å². The lowest BCUT2D eigenvalue weighted by molar-refractivity contribution is -0.139. The standard InChI is InChI=1S/C17H25N3O3/c1-15(22)19-7-9-20(10-8-19)17(23)14-18(11-12-21)13-16-5-3-2-4-6-16/h2-6,21H,7-14H2,1H3. The molecule has 1 N–H and O–H groups in total. The SMILES string of the molecule is CC(=O)N1CCN(C(=O)CN(CCO)Cc2ccccc2)CC1. The van der Waals surface area contributed by atoms with Crippen molar-refractivity contribution in [1.29, 1.82) is 0 Å². The Morgan fingerprint density at radius 3 is 2.26 bits per heavy atom. The zero-order valence-electron chi connectivity index (χ0n) is 13.6. The Kier molecular flexibility index (Phi) is 6.55. The maximum absolute atomic E-state index is 12.4. The quantitative estimate of drug-likeness (QED) is 0.812. The van der Waals surface area contributed by atoms with Gasteiger partial charge < -0.3 is 14.9 Å². The van der Waals surface area contributed by atoms with Crippen molar-refractivity contribution >= 4 is 11.8 Å². The molecule has 1 aliphatic heterocycles. The van der Waals surface area contributed by atoms with E-state index >= 15 is 0 Å². The Bertz CT molecular complexity index is 513. The smallest absolute Gasteiger partial charge is 0.236 e. The number of hydrogen-bond acceptors (Lipinski definition) is 4. The lowest BCUT2D eigenvalue weighted by atomic mass is 10.2. The van der Waals surface area contributed by atoms with Gasteiger partial charge in [-0.1, -0.05) is 30.3 Å². The van der Waals surface area contributed by atoms with Crippen LogP contribution in [0.1, 0.15) is 12.5 Å². The molecule has 1 fully saturated rings. The van der Waals surface area contributed by atoms with Crippen LogP contribution in [0, 0.1) is 0 Å². The highest BCUT2D eigenvalue weighted by molar-refractivity contribution is 5.79. The van der Waals surface area contributed by atoms with E-state index in [2.05, 4.69) is 0 Å². The molecule has 0 aliphatic carbocycles. The molecule has 6 heteroatoms. The summed E-state index contributed by atoms with van der Waals surface area (Å²) in [6.07, 6.45) is 0. The molecule has 0 atom stereocenters. The molecular weight excluding hydrogens is 294 g/mol.